The second-order valence-electron chi connectivity index (χ2n) is 6.50. The van der Waals surface area contributed by atoms with Crippen LogP contribution in [0.1, 0.15) is 19.3 Å². The van der Waals surface area contributed by atoms with Crippen molar-refractivity contribution in [2.24, 2.45) is 0 Å². The van der Waals surface area contributed by atoms with Gasteiger partial charge in [0.15, 0.2) is 3.77 Å². The Hall–Kier alpha value is -1.61. The Morgan fingerprint density at radius 2 is 1.79 bits per heavy atom. The molecule has 0 bridgehead atoms. The summed E-state index contributed by atoms with van der Waals surface area (Å²) < 4.78 is 51.1. The van der Waals surface area contributed by atoms with Crippen LogP contribution in [-0.2, 0) is 0 Å². The fourth-order valence-electron chi connectivity index (χ4n) is 2.79. The fraction of sp³-hybridized carbons (Fsp3) is 0.381. The third kappa shape index (κ3) is 6.77. The first kappa shape index (κ1) is 21.1. The van der Waals surface area contributed by atoms with Crippen LogP contribution in [0.15, 0.2) is 57.9 Å². The van der Waals surface area contributed by atoms with Gasteiger partial charge in [-0.15, -0.1) is 0 Å². The molecule has 2 aliphatic heterocycles. The summed E-state index contributed by atoms with van der Waals surface area (Å²) in [6.07, 6.45) is 5.89. The molecule has 0 aliphatic carbocycles. The van der Waals surface area contributed by atoms with Gasteiger partial charge in [-0.3, -0.25) is 4.90 Å². The maximum Gasteiger partial charge on any atom is 0.416 e. The molecule has 7 heteroatoms. The van der Waals surface area contributed by atoms with Gasteiger partial charge in [0.2, 0.25) is 0 Å². The molecule has 3 rings (SSSR count). The molecule has 3 nitrogen and oxygen atoms in total. The van der Waals surface area contributed by atoms with Crippen LogP contribution in [0.5, 0.6) is 11.5 Å². The standard InChI is InChI=1S/C21H23F3INO2/c22-21(23,24)17-6-11-20(25-16-17)28-19-9-7-18(8-10-19)27-15-5-4-14-26-12-2-1-3-13-26/h1-2,6-11,16H,3-5,12-15H2. The Balaban J connectivity index is 1.38. The van der Waals surface area contributed by atoms with Gasteiger partial charge in [0.25, 0.3) is 0 Å². The topological polar surface area (TPSA) is 21.7 Å². The van der Waals surface area contributed by atoms with Crippen molar-refractivity contribution in [1.82, 2.24) is 4.90 Å². The largest absolute Gasteiger partial charge is 0.494 e. The van der Waals surface area contributed by atoms with Crippen molar-refractivity contribution in [2.75, 3.05) is 26.2 Å². The number of halogens is 4. The highest BCUT2D eigenvalue weighted by atomic mass is 127. The molecule has 1 aromatic carbocycles. The van der Waals surface area contributed by atoms with Crippen LogP contribution in [0.2, 0.25) is 0 Å². The van der Waals surface area contributed by atoms with Crippen molar-refractivity contribution in [3.8, 4) is 11.5 Å². The van der Waals surface area contributed by atoms with E-state index in [1.165, 1.54) is 10.1 Å². The van der Waals surface area contributed by atoms with E-state index < -0.39 is 32.5 Å². The van der Waals surface area contributed by atoms with Gasteiger partial charge >= 0.3 is 6.18 Å². The maximum absolute atomic E-state index is 12.6. The average Bonchev–Trinajstić information content (AvgIpc) is 2.69. The summed E-state index contributed by atoms with van der Waals surface area (Å²) in [7, 11) is 0. The molecule has 28 heavy (non-hydrogen) atoms. The molecule has 0 saturated heterocycles. The zero-order chi connectivity index (χ0) is 19.8. The Kier molecular flexibility index (Phi) is 7.73. The van der Waals surface area contributed by atoms with E-state index in [0.717, 1.165) is 50.7 Å². The number of nitrogens with zero attached hydrogens (tertiary/aromatic N) is 1. The van der Waals surface area contributed by atoms with Gasteiger partial charge in [0.1, 0.15) is 11.5 Å². The summed E-state index contributed by atoms with van der Waals surface area (Å²) in [6, 6.07) is 7.21. The number of hydrogen-bond donors (Lipinski definition) is 0. The molecule has 1 aromatic rings. The Morgan fingerprint density at radius 1 is 1.00 bits per heavy atom. The average molecular weight is 505 g/mol. The van der Waals surface area contributed by atoms with Crippen LogP contribution in [0, 0.1) is 0 Å². The van der Waals surface area contributed by atoms with E-state index in [-0.39, 0.29) is 0 Å². The van der Waals surface area contributed by atoms with Crippen molar-refractivity contribution in [3.63, 3.8) is 0 Å². The molecule has 0 saturated carbocycles. The first-order chi connectivity index (χ1) is 13.5. The molecular weight excluding hydrogens is 482 g/mol. The molecule has 0 aromatic heterocycles. The number of unbranched alkanes of at least 4 members (excludes halogenated alkanes) is 1. The van der Waals surface area contributed by atoms with E-state index in [4.69, 9.17) is 9.47 Å². The van der Waals surface area contributed by atoms with Gasteiger partial charge in [-0.2, -0.15) is 13.2 Å². The quantitative estimate of drug-likeness (QED) is 0.261. The van der Waals surface area contributed by atoms with Crippen LogP contribution < -0.4 is 9.47 Å². The van der Waals surface area contributed by atoms with E-state index in [1.807, 2.05) is 12.1 Å². The molecule has 152 valence electrons. The monoisotopic (exact) mass is 505 g/mol. The Morgan fingerprint density at radius 3 is 2.43 bits per heavy atom. The lowest BCUT2D eigenvalue weighted by Gasteiger charge is -2.22. The van der Waals surface area contributed by atoms with Gasteiger partial charge in [-0.25, -0.2) is 0 Å². The van der Waals surface area contributed by atoms with Gasteiger partial charge in [0.05, 0.1) is 12.2 Å². The van der Waals surface area contributed by atoms with Crippen molar-refractivity contribution < 1.29 is 22.6 Å². The van der Waals surface area contributed by atoms with Crippen molar-refractivity contribution in [1.29, 1.82) is 0 Å². The predicted molar refractivity (Wildman–Crippen MR) is 114 cm³/mol. The van der Waals surface area contributed by atoms with E-state index in [1.54, 1.807) is 12.1 Å². The summed E-state index contributed by atoms with van der Waals surface area (Å²) in [5, 5.41) is 0. The smallest absolute Gasteiger partial charge is 0.416 e. The van der Waals surface area contributed by atoms with Gasteiger partial charge in [-0.05, 0) is 87.0 Å². The summed E-state index contributed by atoms with van der Waals surface area (Å²) in [5.41, 5.74) is -0.590. The molecule has 0 unspecified atom stereocenters. The second-order valence-corrected chi connectivity index (χ2v) is 8.81. The Labute approximate surface area is 173 Å². The zero-order valence-corrected chi connectivity index (χ0v) is 17.6. The summed E-state index contributed by atoms with van der Waals surface area (Å²) in [6.45, 7) is 3.95. The summed E-state index contributed by atoms with van der Waals surface area (Å²) in [4.78, 5) is 2.44. The van der Waals surface area contributed by atoms with Gasteiger partial charge in [-0.1, -0.05) is 12.2 Å². The fourth-order valence-corrected chi connectivity index (χ4v) is 4.76. The third-order valence-electron chi connectivity index (χ3n) is 4.32. The number of alkyl halides is 3. The lowest BCUT2D eigenvalue weighted by Crippen LogP contribution is -2.28. The van der Waals surface area contributed by atoms with E-state index in [9.17, 15) is 13.2 Å². The molecule has 0 N–H and O–H groups in total. The van der Waals surface area contributed by atoms with E-state index in [0.29, 0.717) is 16.1 Å². The summed E-state index contributed by atoms with van der Waals surface area (Å²) >= 11 is -0.925. The van der Waals surface area contributed by atoms with Crippen LogP contribution >= 0.6 is 20.7 Å². The highest BCUT2D eigenvalue weighted by Gasteiger charge is 2.32. The first-order valence-corrected chi connectivity index (χ1v) is 11.6. The highest BCUT2D eigenvalue weighted by molar-refractivity contribution is 14.2. The molecule has 2 heterocycles. The molecule has 0 atom stereocenters. The van der Waals surface area contributed by atoms with Crippen LogP contribution in [0.4, 0.5) is 13.2 Å². The molecular formula is C21H23F3INO2. The first-order valence-electron chi connectivity index (χ1n) is 9.24. The van der Waals surface area contributed by atoms with Crippen LogP contribution in [0.3, 0.4) is 0 Å². The molecule has 0 fully saturated rings. The minimum absolute atomic E-state index is 0.590. The number of rotatable bonds is 8. The third-order valence-corrected chi connectivity index (χ3v) is 6.50. The number of ether oxygens (including phenoxy) is 2. The SMILES string of the molecule is FC(F)(F)C1=CC=C(Oc2ccc(OCCCCN3CC=CCC3)cc2)I=C1. The van der Waals surface area contributed by atoms with Crippen LogP contribution in [-0.4, -0.2) is 41.3 Å². The van der Waals surface area contributed by atoms with E-state index >= 15 is 0 Å². The zero-order valence-electron chi connectivity index (χ0n) is 15.4. The molecule has 0 spiro atoms. The number of allylic oxidation sites excluding steroid dienone is 3. The second kappa shape index (κ2) is 10.2. The highest BCUT2D eigenvalue weighted by Crippen LogP contribution is 2.32. The van der Waals surface area contributed by atoms with Crippen molar-refractivity contribution in [3.05, 3.63) is 57.9 Å². The van der Waals surface area contributed by atoms with Gasteiger partial charge in [0, 0.05) is 13.1 Å². The molecule has 0 radical (unpaired) electrons. The van der Waals surface area contributed by atoms with Gasteiger partial charge < -0.3 is 9.47 Å². The number of benzene rings is 1. The number of hydrogen-bond acceptors (Lipinski definition) is 3. The van der Waals surface area contributed by atoms with Crippen molar-refractivity contribution >= 4 is 24.7 Å². The summed E-state index contributed by atoms with van der Waals surface area (Å²) in [5.74, 6) is 1.38. The van der Waals surface area contributed by atoms with Crippen molar-refractivity contribution in [2.45, 2.75) is 25.4 Å². The molecule has 0 amide bonds. The lowest BCUT2D eigenvalue weighted by atomic mass is 10.2. The minimum Gasteiger partial charge on any atom is -0.494 e. The Bertz CT molecular complexity index is 767. The van der Waals surface area contributed by atoms with E-state index in [2.05, 4.69) is 17.1 Å². The lowest BCUT2D eigenvalue weighted by molar-refractivity contribution is -0.0853. The maximum atomic E-state index is 12.6. The minimum atomic E-state index is -4.29. The normalized spacial score (nSPS) is 17.5. The van der Waals surface area contributed by atoms with Crippen LogP contribution in [0.25, 0.3) is 0 Å². The molecule has 2 aliphatic rings. The predicted octanol–water partition coefficient (Wildman–Crippen LogP) is 5.60.